The van der Waals surface area contributed by atoms with Gasteiger partial charge in [-0.05, 0) is 12.2 Å². The summed E-state index contributed by atoms with van der Waals surface area (Å²) in [7, 11) is 0. The van der Waals surface area contributed by atoms with Crippen molar-refractivity contribution >= 4 is 12.2 Å². The summed E-state index contributed by atoms with van der Waals surface area (Å²) in [6, 6.07) is 0. The third kappa shape index (κ3) is 1.32. The molecule has 0 atom stereocenters. The first-order chi connectivity index (χ1) is 5.97. The van der Waals surface area contributed by atoms with E-state index < -0.39 is 0 Å². The van der Waals surface area contributed by atoms with Crippen LogP contribution in [0, 0.1) is 0 Å². The Hall–Kier alpha value is -1.70. The van der Waals surface area contributed by atoms with Gasteiger partial charge in [-0.2, -0.15) is 0 Å². The van der Waals surface area contributed by atoms with Crippen molar-refractivity contribution in [2.75, 3.05) is 0 Å². The van der Waals surface area contributed by atoms with Gasteiger partial charge in [-0.3, -0.25) is 9.97 Å². The van der Waals surface area contributed by atoms with Crippen LogP contribution >= 0.6 is 0 Å². The van der Waals surface area contributed by atoms with Crippen LogP contribution in [0.5, 0.6) is 0 Å². The molecular formula is C10H8N2. The lowest BCUT2D eigenvalue weighted by Crippen LogP contribution is -2.30. The maximum absolute atomic E-state index is 4.19. The standard InChI is InChI=1S/C10H8N2/c1-2-4-6-10-9(5-3-1)11-7-8-12-10/h1-8H/b2-1?,3-1-,4-2-,5-3?,6-4?,9-5+,10-6+. The molecule has 0 unspecified atom stereocenters. The zero-order valence-corrected chi connectivity index (χ0v) is 6.51. The Morgan fingerprint density at radius 2 is 1.17 bits per heavy atom. The highest BCUT2D eigenvalue weighted by Crippen LogP contribution is 1.81. The van der Waals surface area contributed by atoms with Gasteiger partial charge in [-0.1, -0.05) is 24.3 Å². The molecule has 0 bridgehead atoms. The van der Waals surface area contributed by atoms with E-state index in [0.29, 0.717) is 0 Å². The van der Waals surface area contributed by atoms with Crippen LogP contribution in [0.25, 0.3) is 12.2 Å². The summed E-state index contributed by atoms with van der Waals surface area (Å²) in [5.41, 5.74) is 0. The summed E-state index contributed by atoms with van der Waals surface area (Å²) < 4.78 is 0. The number of aromatic nitrogens is 2. The van der Waals surface area contributed by atoms with Gasteiger partial charge in [0.05, 0.1) is 10.7 Å². The van der Waals surface area contributed by atoms with Crippen LogP contribution in [0.4, 0.5) is 0 Å². The molecule has 0 aromatic carbocycles. The Bertz CT molecular complexity index is 398. The fourth-order valence-electron chi connectivity index (χ4n) is 1.04. The molecule has 1 heterocycles. The van der Waals surface area contributed by atoms with E-state index in [2.05, 4.69) is 9.97 Å². The maximum Gasteiger partial charge on any atom is 0.0886 e. The van der Waals surface area contributed by atoms with E-state index in [4.69, 9.17) is 0 Å². The monoisotopic (exact) mass is 156 g/mol. The van der Waals surface area contributed by atoms with Gasteiger partial charge in [-0.25, -0.2) is 0 Å². The van der Waals surface area contributed by atoms with Gasteiger partial charge < -0.3 is 0 Å². The van der Waals surface area contributed by atoms with Crippen molar-refractivity contribution < 1.29 is 0 Å². The first-order valence-electron chi connectivity index (χ1n) is 3.79. The SMILES string of the molecule is C1=C\C=c2\nccn\c2=C\C=C/1. The van der Waals surface area contributed by atoms with Gasteiger partial charge >= 0.3 is 0 Å². The van der Waals surface area contributed by atoms with Gasteiger partial charge in [0.15, 0.2) is 0 Å². The fraction of sp³-hybridized carbons (Fsp3) is 0. The summed E-state index contributed by atoms with van der Waals surface area (Å²) in [4.78, 5) is 8.37. The van der Waals surface area contributed by atoms with Gasteiger partial charge in [0.2, 0.25) is 0 Å². The predicted octanol–water partition coefficient (Wildman–Crippen LogP) is 0.164. The first kappa shape index (κ1) is 6.98. The predicted molar refractivity (Wildman–Crippen MR) is 48.5 cm³/mol. The van der Waals surface area contributed by atoms with Crippen molar-refractivity contribution in [3.8, 4) is 0 Å². The van der Waals surface area contributed by atoms with Crippen LogP contribution in [0.2, 0.25) is 0 Å². The van der Waals surface area contributed by atoms with Crippen LogP contribution in [0.15, 0.2) is 36.7 Å². The number of fused-ring (bicyclic) bond motifs is 1. The molecule has 0 fully saturated rings. The van der Waals surface area contributed by atoms with Crippen molar-refractivity contribution in [1.82, 2.24) is 9.97 Å². The van der Waals surface area contributed by atoms with Crippen LogP contribution in [-0.4, -0.2) is 9.97 Å². The molecule has 12 heavy (non-hydrogen) atoms. The second-order valence-electron chi connectivity index (χ2n) is 2.43. The van der Waals surface area contributed by atoms with Crippen molar-refractivity contribution in [2.45, 2.75) is 0 Å². The molecule has 1 aliphatic rings. The minimum atomic E-state index is 0.915. The molecule has 0 saturated carbocycles. The van der Waals surface area contributed by atoms with E-state index in [-0.39, 0.29) is 0 Å². The third-order valence-corrected chi connectivity index (χ3v) is 1.60. The van der Waals surface area contributed by atoms with E-state index in [1.807, 2.05) is 36.5 Å². The van der Waals surface area contributed by atoms with Crippen molar-refractivity contribution in [3.63, 3.8) is 0 Å². The topological polar surface area (TPSA) is 25.8 Å². The second-order valence-corrected chi connectivity index (χ2v) is 2.43. The average Bonchev–Trinajstić information content (AvgIpc) is 2.06. The van der Waals surface area contributed by atoms with Crippen LogP contribution in [0.3, 0.4) is 0 Å². The molecule has 0 aliphatic heterocycles. The summed E-state index contributed by atoms with van der Waals surface area (Å²) in [5.74, 6) is 0. The van der Waals surface area contributed by atoms with Gasteiger partial charge in [-0.15, -0.1) is 0 Å². The summed E-state index contributed by atoms with van der Waals surface area (Å²) in [5, 5.41) is 1.83. The van der Waals surface area contributed by atoms with Crippen LogP contribution in [0.1, 0.15) is 0 Å². The highest BCUT2D eigenvalue weighted by atomic mass is 14.7. The van der Waals surface area contributed by atoms with E-state index in [0.717, 1.165) is 10.7 Å². The summed E-state index contributed by atoms with van der Waals surface area (Å²) >= 11 is 0. The molecular weight excluding hydrogens is 148 g/mol. The Morgan fingerprint density at radius 3 is 1.67 bits per heavy atom. The fourth-order valence-corrected chi connectivity index (χ4v) is 1.04. The van der Waals surface area contributed by atoms with Gasteiger partial charge in [0, 0.05) is 12.4 Å². The van der Waals surface area contributed by atoms with Crippen LogP contribution < -0.4 is 10.7 Å². The average molecular weight is 156 g/mol. The normalized spacial score (nSPS) is 24.7. The van der Waals surface area contributed by atoms with Crippen molar-refractivity contribution in [1.29, 1.82) is 0 Å². The van der Waals surface area contributed by atoms with E-state index in [1.165, 1.54) is 0 Å². The minimum absolute atomic E-state index is 0.915. The molecule has 2 heteroatoms. The third-order valence-electron chi connectivity index (χ3n) is 1.60. The van der Waals surface area contributed by atoms with Gasteiger partial charge in [0.25, 0.3) is 0 Å². The first-order valence-corrected chi connectivity index (χ1v) is 3.79. The molecule has 0 N–H and O–H groups in total. The Balaban J connectivity index is 2.80. The molecule has 2 rings (SSSR count). The lowest BCUT2D eigenvalue weighted by Gasteiger charge is -1.88. The quantitative estimate of drug-likeness (QED) is 0.535. The van der Waals surface area contributed by atoms with E-state index in [9.17, 15) is 0 Å². The lowest BCUT2D eigenvalue weighted by molar-refractivity contribution is 1.10. The van der Waals surface area contributed by atoms with Crippen LogP contribution in [-0.2, 0) is 0 Å². The molecule has 2 nitrogen and oxygen atoms in total. The number of hydrogen-bond donors (Lipinski definition) is 0. The smallest absolute Gasteiger partial charge is 0.0886 e. The Morgan fingerprint density at radius 1 is 0.667 bits per heavy atom. The van der Waals surface area contributed by atoms with E-state index >= 15 is 0 Å². The van der Waals surface area contributed by atoms with E-state index in [1.54, 1.807) is 12.4 Å². The number of rotatable bonds is 0. The number of hydrogen-bond acceptors (Lipinski definition) is 2. The summed E-state index contributed by atoms with van der Waals surface area (Å²) in [6.45, 7) is 0. The molecule has 0 radical (unpaired) electrons. The molecule has 0 saturated heterocycles. The maximum atomic E-state index is 4.19. The second kappa shape index (κ2) is 3.13. The molecule has 0 amide bonds. The Labute approximate surface area is 70.3 Å². The Kier molecular flexibility index (Phi) is 1.82. The minimum Gasteiger partial charge on any atom is -0.253 e. The largest absolute Gasteiger partial charge is 0.253 e. The number of nitrogens with zero attached hydrogens (tertiary/aromatic N) is 2. The molecule has 1 aliphatic carbocycles. The molecule has 1 aromatic rings. The number of allylic oxidation sites excluding steroid dienone is 4. The van der Waals surface area contributed by atoms with Gasteiger partial charge in [0.1, 0.15) is 0 Å². The summed E-state index contributed by atoms with van der Waals surface area (Å²) in [6.07, 6.45) is 15.1. The highest BCUT2D eigenvalue weighted by Gasteiger charge is 1.84. The molecule has 0 spiro atoms. The van der Waals surface area contributed by atoms with Crippen molar-refractivity contribution in [3.05, 3.63) is 47.4 Å². The molecule has 58 valence electrons. The van der Waals surface area contributed by atoms with Crippen molar-refractivity contribution in [2.24, 2.45) is 0 Å². The highest BCUT2D eigenvalue weighted by molar-refractivity contribution is 5.44. The zero-order chi connectivity index (χ0) is 8.23. The zero-order valence-electron chi connectivity index (χ0n) is 6.51. The lowest BCUT2D eigenvalue weighted by atomic mass is 10.3. The molecule has 1 aromatic heterocycles.